The van der Waals surface area contributed by atoms with Gasteiger partial charge in [-0.2, -0.15) is 0 Å². The van der Waals surface area contributed by atoms with Crippen molar-refractivity contribution in [2.24, 2.45) is 5.92 Å². The van der Waals surface area contributed by atoms with Gasteiger partial charge in [0.2, 0.25) is 5.91 Å². The average molecular weight is 468 g/mol. The quantitative estimate of drug-likeness (QED) is 0.733. The van der Waals surface area contributed by atoms with E-state index in [-0.39, 0.29) is 30.2 Å². The molecule has 0 unspecified atom stereocenters. The lowest BCUT2D eigenvalue weighted by molar-refractivity contribution is -0.128. The molecule has 0 bridgehead atoms. The average Bonchev–Trinajstić information content (AvgIpc) is 3.21. The fourth-order valence-corrected chi connectivity index (χ4v) is 4.54. The number of carbonyl (C=O) groups is 3. The molecule has 2 saturated heterocycles. The van der Waals surface area contributed by atoms with Crippen molar-refractivity contribution in [2.45, 2.75) is 38.5 Å². The maximum atomic E-state index is 13.6. The van der Waals surface area contributed by atoms with Gasteiger partial charge in [0.05, 0.1) is 6.61 Å². The molecule has 0 aliphatic carbocycles. The molecule has 2 aliphatic heterocycles. The minimum absolute atomic E-state index is 0.106. The summed E-state index contributed by atoms with van der Waals surface area (Å²) in [5, 5.41) is 2.93. The number of halogens is 1. The maximum Gasteiger partial charge on any atom is 0.256 e. The van der Waals surface area contributed by atoms with Gasteiger partial charge in [0.1, 0.15) is 17.6 Å². The monoisotopic (exact) mass is 467 g/mol. The molecular weight excluding hydrogens is 437 g/mol. The van der Waals surface area contributed by atoms with Gasteiger partial charge < -0.3 is 15.0 Å². The summed E-state index contributed by atoms with van der Waals surface area (Å²) in [4.78, 5) is 42.8. The Labute approximate surface area is 198 Å². The first-order valence-corrected chi connectivity index (χ1v) is 11.7. The first-order valence-electron chi connectivity index (χ1n) is 11.7. The molecule has 0 saturated carbocycles. The number of amides is 3. The summed E-state index contributed by atoms with van der Waals surface area (Å²) in [6.45, 7) is 5.34. The summed E-state index contributed by atoms with van der Waals surface area (Å²) >= 11 is 0. The Bertz CT molecular complexity index is 1030. The van der Waals surface area contributed by atoms with Gasteiger partial charge in [-0.05, 0) is 42.3 Å². The van der Waals surface area contributed by atoms with E-state index >= 15 is 0 Å². The summed E-state index contributed by atoms with van der Waals surface area (Å²) in [6, 6.07) is 13.6. The SMILES string of the molecule is CC(C)CNC(=O)[C@H]1COC2(CCN(C(=O)c3ccc(F)cc3)CC2)N1C(=O)c1ccccc1. The lowest BCUT2D eigenvalue weighted by atomic mass is 9.96. The molecule has 0 aromatic heterocycles. The van der Waals surface area contributed by atoms with Gasteiger partial charge in [0.15, 0.2) is 0 Å². The van der Waals surface area contributed by atoms with Gasteiger partial charge in [-0.15, -0.1) is 0 Å². The number of hydrogen-bond donors (Lipinski definition) is 1. The zero-order chi connectivity index (χ0) is 24.3. The number of carbonyl (C=O) groups excluding carboxylic acids is 3. The Balaban J connectivity index is 1.54. The summed E-state index contributed by atoms with van der Waals surface area (Å²) in [5.74, 6) is -0.814. The van der Waals surface area contributed by atoms with Crippen LogP contribution in [0.25, 0.3) is 0 Å². The molecule has 1 spiro atoms. The van der Waals surface area contributed by atoms with Crippen molar-refractivity contribution in [3.05, 3.63) is 71.5 Å². The number of hydrogen-bond acceptors (Lipinski definition) is 4. The van der Waals surface area contributed by atoms with Crippen LogP contribution >= 0.6 is 0 Å². The van der Waals surface area contributed by atoms with Crippen molar-refractivity contribution in [2.75, 3.05) is 26.2 Å². The fraction of sp³-hybridized carbons (Fsp3) is 0.423. The lowest BCUT2D eigenvalue weighted by Gasteiger charge is -2.44. The van der Waals surface area contributed by atoms with Gasteiger partial charge in [-0.3, -0.25) is 19.3 Å². The van der Waals surface area contributed by atoms with Gasteiger partial charge in [0, 0.05) is 43.6 Å². The van der Waals surface area contributed by atoms with Crippen LogP contribution in [0, 0.1) is 11.7 Å². The van der Waals surface area contributed by atoms with Crippen LogP contribution in [0.2, 0.25) is 0 Å². The molecule has 2 heterocycles. The Morgan fingerprint density at radius 2 is 1.62 bits per heavy atom. The molecule has 2 aromatic carbocycles. The van der Waals surface area contributed by atoms with E-state index in [0.29, 0.717) is 43.6 Å². The highest BCUT2D eigenvalue weighted by molar-refractivity contribution is 5.98. The first-order chi connectivity index (χ1) is 16.3. The minimum Gasteiger partial charge on any atom is -0.354 e. The standard InChI is InChI=1S/C26H30FN3O4/c1-18(2)16-28-23(31)22-17-34-26(30(22)25(33)19-6-4-3-5-7-19)12-14-29(15-13-26)24(32)20-8-10-21(27)11-9-20/h3-11,18,22H,12-17H2,1-2H3,(H,28,31)/t22-/m1/s1. The van der Waals surface area contributed by atoms with Gasteiger partial charge >= 0.3 is 0 Å². The van der Waals surface area contributed by atoms with E-state index in [1.54, 1.807) is 34.1 Å². The van der Waals surface area contributed by atoms with Crippen LogP contribution in [0.15, 0.2) is 54.6 Å². The van der Waals surface area contributed by atoms with Gasteiger partial charge in [-0.1, -0.05) is 32.0 Å². The second kappa shape index (κ2) is 9.93. The summed E-state index contributed by atoms with van der Waals surface area (Å²) in [5.41, 5.74) is -0.0708. The highest BCUT2D eigenvalue weighted by Crippen LogP contribution is 2.38. The van der Waals surface area contributed by atoms with Crippen LogP contribution in [0.1, 0.15) is 47.4 Å². The van der Waals surface area contributed by atoms with Crippen molar-refractivity contribution in [1.82, 2.24) is 15.1 Å². The van der Waals surface area contributed by atoms with Crippen molar-refractivity contribution < 1.29 is 23.5 Å². The molecule has 180 valence electrons. The van der Waals surface area contributed by atoms with Crippen molar-refractivity contribution in [3.63, 3.8) is 0 Å². The second-order valence-corrected chi connectivity index (χ2v) is 9.25. The predicted molar refractivity (Wildman–Crippen MR) is 124 cm³/mol. The third kappa shape index (κ3) is 4.82. The number of nitrogens with one attached hydrogen (secondary N) is 1. The Morgan fingerprint density at radius 3 is 2.24 bits per heavy atom. The van der Waals surface area contributed by atoms with E-state index in [4.69, 9.17) is 4.74 Å². The number of piperidine rings is 1. The van der Waals surface area contributed by atoms with Crippen LogP contribution in [-0.2, 0) is 9.53 Å². The van der Waals surface area contributed by atoms with Crippen LogP contribution < -0.4 is 5.32 Å². The largest absolute Gasteiger partial charge is 0.354 e. The van der Waals surface area contributed by atoms with Gasteiger partial charge in [0.25, 0.3) is 11.8 Å². The normalized spacial score (nSPS) is 19.5. The molecule has 0 radical (unpaired) electrons. The van der Waals surface area contributed by atoms with E-state index in [9.17, 15) is 18.8 Å². The van der Waals surface area contributed by atoms with Crippen LogP contribution in [0.3, 0.4) is 0 Å². The number of ether oxygens (including phenoxy) is 1. The molecule has 7 nitrogen and oxygen atoms in total. The third-order valence-corrected chi connectivity index (χ3v) is 6.41. The first kappa shape index (κ1) is 23.9. The molecule has 2 aromatic rings. The molecular formula is C26H30FN3O4. The highest BCUT2D eigenvalue weighted by atomic mass is 19.1. The summed E-state index contributed by atoms with van der Waals surface area (Å²) in [6.07, 6.45) is 0.763. The lowest BCUT2D eigenvalue weighted by Crippen LogP contribution is -2.60. The molecule has 1 atom stereocenters. The molecule has 8 heteroatoms. The van der Waals surface area contributed by atoms with Crippen LogP contribution in [0.5, 0.6) is 0 Å². The van der Waals surface area contributed by atoms with E-state index in [1.165, 1.54) is 24.3 Å². The minimum atomic E-state index is -0.966. The summed E-state index contributed by atoms with van der Waals surface area (Å²) in [7, 11) is 0. The van der Waals surface area contributed by atoms with E-state index in [2.05, 4.69) is 5.32 Å². The number of benzene rings is 2. The Kier molecular flexibility index (Phi) is 6.97. The van der Waals surface area contributed by atoms with Crippen LogP contribution in [-0.4, -0.2) is 65.5 Å². The molecule has 1 N–H and O–H groups in total. The third-order valence-electron chi connectivity index (χ3n) is 6.41. The van der Waals surface area contributed by atoms with Crippen molar-refractivity contribution in [3.8, 4) is 0 Å². The topological polar surface area (TPSA) is 79.0 Å². The van der Waals surface area contributed by atoms with E-state index < -0.39 is 17.6 Å². The predicted octanol–water partition coefficient (Wildman–Crippen LogP) is 3.07. The Morgan fingerprint density at radius 1 is 1.00 bits per heavy atom. The smallest absolute Gasteiger partial charge is 0.256 e. The second-order valence-electron chi connectivity index (χ2n) is 9.25. The van der Waals surface area contributed by atoms with E-state index in [1.807, 2.05) is 19.9 Å². The zero-order valence-electron chi connectivity index (χ0n) is 19.5. The number of nitrogens with zero attached hydrogens (tertiary/aromatic N) is 2. The molecule has 3 amide bonds. The molecule has 34 heavy (non-hydrogen) atoms. The Hall–Kier alpha value is -3.26. The maximum absolute atomic E-state index is 13.6. The summed E-state index contributed by atoms with van der Waals surface area (Å²) < 4.78 is 19.4. The molecule has 2 aliphatic rings. The van der Waals surface area contributed by atoms with E-state index in [0.717, 1.165) is 0 Å². The number of likely N-dealkylation sites (tertiary alicyclic amines) is 1. The zero-order valence-corrected chi connectivity index (χ0v) is 19.5. The molecule has 4 rings (SSSR count). The van der Waals surface area contributed by atoms with Crippen molar-refractivity contribution in [1.29, 1.82) is 0 Å². The number of rotatable bonds is 5. The van der Waals surface area contributed by atoms with Crippen molar-refractivity contribution >= 4 is 17.7 Å². The van der Waals surface area contributed by atoms with Gasteiger partial charge in [-0.25, -0.2) is 4.39 Å². The highest BCUT2D eigenvalue weighted by Gasteiger charge is 2.54. The fourth-order valence-electron chi connectivity index (χ4n) is 4.54. The van der Waals surface area contributed by atoms with Crippen LogP contribution in [0.4, 0.5) is 4.39 Å². The molecule has 2 fully saturated rings.